The molecule has 1 aliphatic heterocycles. The smallest absolute Gasteiger partial charge is 0.119 e. The lowest BCUT2D eigenvalue weighted by Gasteiger charge is -2.38. The second-order valence-corrected chi connectivity index (χ2v) is 9.13. The minimum atomic E-state index is 0.0136. The second-order valence-electron chi connectivity index (χ2n) is 9.13. The van der Waals surface area contributed by atoms with Crippen LogP contribution < -0.4 is 10.5 Å². The van der Waals surface area contributed by atoms with Crippen LogP contribution in [-0.4, -0.2) is 36.6 Å². The molecule has 4 heteroatoms. The van der Waals surface area contributed by atoms with Gasteiger partial charge in [-0.25, -0.2) is 0 Å². The number of fused-ring (bicyclic) bond motifs is 1. The van der Waals surface area contributed by atoms with E-state index < -0.39 is 0 Å². The standard InChI is InChI=1S/C27H41N3O/c1-4-6-7-8-9-17-30-18-15-22(21(5-2)20-30)10-12-26(28)24-14-16-29-27-13-11-23(31-3)19-25(24)27/h5,11,13-14,16,19,21-22,26H,2,4,6-10,12,15,17-18,20,28H2,1,3H3/t21-,22+,26?/m0/s1. The van der Waals surface area contributed by atoms with E-state index in [0.29, 0.717) is 11.8 Å². The number of hydrogen-bond acceptors (Lipinski definition) is 4. The summed E-state index contributed by atoms with van der Waals surface area (Å²) in [7, 11) is 1.70. The zero-order valence-corrected chi connectivity index (χ0v) is 19.6. The quantitative estimate of drug-likeness (QED) is 0.330. The Morgan fingerprint density at radius 3 is 2.87 bits per heavy atom. The molecule has 0 spiro atoms. The number of nitrogens with zero attached hydrogens (tertiary/aromatic N) is 2. The van der Waals surface area contributed by atoms with Gasteiger partial charge in [0.05, 0.1) is 12.6 Å². The predicted octanol–water partition coefficient (Wildman–Crippen LogP) is 6.12. The molecule has 31 heavy (non-hydrogen) atoms. The molecule has 1 aromatic heterocycles. The number of likely N-dealkylation sites (tertiary alicyclic amines) is 1. The highest BCUT2D eigenvalue weighted by Gasteiger charge is 2.27. The topological polar surface area (TPSA) is 51.4 Å². The number of nitrogens with two attached hydrogens (primary N) is 1. The van der Waals surface area contributed by atoms with E-state index in [1.165, 1.54) is 57.2 Å². The van der Waals surface area contributed by atoms with Crippen LogP contribution in [0.2, 0.25) is 0 Å². The second kappa shape index (κ2) is 12.2. The van der Waals surface area contributed by atoms with Gasteiger partial charge in [-0.3, -0.25) is 4.98 Å². The van der Waals surface area contributed by atoms with E-state index in [4.69, 9.17) is 10.5 Å². The average Bonchev–Trinajstić information content (AvgIpc) is 2.81. The molecule has 1 fully saturated rings. The first-order valence-corrected chi connectivity index (χ1v) is 12.2. The fraction of sp³-hybridized carbons (Fsp3) is 0.593. The van der Waals surface area contributed by atoms with Gasteiger partial charge >= 0.3 is 0 Å². The Hall–Kier alpha value is -1.91. The van der Waals surface area contributed by atoms with Crippen molar-refractivity contribution in [2.45, 2.75) is 64.3 Å². The highest BCUT2D eigenvalue weighted by atomic mass is 16.5. The number of benzene rings is 1. The van der Waals surface area contributed by atoms with Crippen LogP contribution in [0.15, 0.2) is 43.1 Å². The summed E-state index contributed by atoms with van der Waals surface area (Å²) in [5.41, 5.74) is 8.83. The predicted molar refractivity (Wildman–Crippen MR) is 131 cm³/mol. The summed E-state index contributed by atoms with van der Waals surface area (Å²) in [6.45, 7) is 10.0. The molecule has 1 aromatic carbocycles. The average molecular weight is 424 g/mol. The molecular weight excluding hydrogens is 382 g/mol. The number of rotatable bonds is 12. The van der Waals surface area contributed by atoms with Crippen LogP contribution in [0.5, 0.6) is 5.75 Å². The van der Waals surface area contributed by atoms with E-state index in [9.17, 15) is 0 Å². The van der Waals surface area contributed by atoms with E-state index in [1.54, 1.807) is 7.11 Å². The lowest BCUT2D eigenvalue weighted by Crippen LogP contribution is -2.40. The van der Waals surface area contributed by atoms with E-state index in [0.717, 1.165) is 36.0 Å². The van der Waals surface area contributed by atoms with Crippen molar-refractivity contribution in [2.24, 2.45) is 17.6 Å². The van der Waals surface area contributed by atoms with Crippen LogP contribution in [0, 0.1) is 11.8 Å². The van der Waals surface area contributed by atoms with Gasteiger partial charge in [-0.2, -0.15) is 0 Å². The third kappa shape index (κ3) is 6.54. The van der Waals surface area contributed by atoms with E-state index in [2.05, 4.69) is 41.6 Å². The Bertz CT molecular complexity index is 821. The number of hydrogen-bond donors (Lipinski definition) is 1. The van der Waals surface area contributed by atoms with Gasteiger partial charge in [-0.15, -0.1) is 6.58 Å². The minimum absolute atomic E-state index is 0.0136. The third-order valence-electron chi connectivity index (χ3n) is 7.00. The highest BCUT2D eigenvalue weighted by molar-refractivity contribution is 5.83. The maximum Gasteiger partial charge on any atom is 0.119 e. The summed E-state index contributed by atoms with van der Waals surface area (Å²) in [6, 6.07) is 8.11. The lowest BCUT2D eigenvalue weighted by atomic mass is 9.81. The monoisotopic (exact) mass is 423 g/mol. The highest BCUT2D eigenvalue weighted by Crippen LogP contribution is 2.33. The minimum Gasteiger partial charge on any atom is -0.497 e. The van der Waals surface area contributed by atoms with Gasteiger partial charge in [-0.1, -0.05) is 38.7 Å². The van der Waals surface area contributed by atoms with Gasteiger partial charge in [0.2, 0.25) is 0 Å². The number of unbranched alkanes of at least 4 members (excludes halogenated alkanes) is 4. The summed E-state index contributed by atoms with van der Waals surface area (Å²) < 4.78 is 5.41. The molecular formula is C27H41N3O. The van der Waals surface area contributed by atoms with Gasteiger partial charge < -0.3 is 15.4 Å². The van der Waals surface area contributed by atoms with Crippen molar-refractivity contribution in [2.75, 3.05) is 26.7 Å². The Kier molecular flexibility index (Phi) is 9.35. The molecule has 2 aromatic rings. The summed E-state index contributed by atoms with van der Waals surface area (Å²) in [4.78, 5) is 7.14. The number of ether oxygens (including phenoxy) is 1. The zero-order valence-electron chi connectivity index (χ0n) is 19.6. The number of pyridine rings is 1. The van der Waals surface area contributed by atoms with Crippen molar-refractivity contribution in [1.29, 1.82) is 0 Å². The van der Waals surface area contributed by atoms with Crippen LogP contribution >= 0.6 is 0 Å². The first-order chi connectivity index (χ1) is 15.2. The molecule has 0 aliphatic carbocycles. The molecule has 3 atom stereocenters. The third-order valence-corrected chi connectivity index (χ3v) is 7.00. The van der Waals surface area contributed by atoms with E-state index in [1.807, 2.05) is 18.3 Å². The summed E-state index contributed by atoms with van der Waals surface area (Å²) in [6.07, 6.45) is 14.2. The molecule has 0 bridgehead atoms. The van der Waals surface area contributed by atoms with Gasteiger partial charge in [0.25, 0.3) is 0 Å². The fourth-order valence-electron chi connectivity index (χ4n) is 5.01. The molecule has 1 saturated heterocycles. The van der Waals surface area contributed by atoms with Crippen molar-refractivity contribution >= 4 is 10.9 Å². The lowest BCUT2D eigenvalue weighted by molar-refractivity contribution is 0.134. The van der Waals surface area contributed by atoms with Crippen molar-refractivity contribution in [3.63, 3.8) is 0 Å². The van der Waals surface area contributed by atoms with E-state index >= 15 is 0 Å². The maximum absolute atomic E-state index is 6.68. The summed E-state index contributed by atoms with van der Waals surface area (Å²) in [5, 5.41) is 1.10. The number of methoxy groups -OCH3 is 1. The van der Waals surface area contributed by atoms with Gasteiger partial charge in [0, 0.05) is 24.2 Å². The normalized spacial score (nSPS) is 20.6. The molecule has 1 aliphatic rings. The largest absolute Gasteiger partial charge is 0.497 e. The SMILES string of the molecule is C=C[C@H]1CN(CCCCCCC)CC[C@H]1CCC(N)c1ccnc2ccc(OC)cc12. The number of piperidine rings is 1. The Morgan fingerprint density at radius 2 is 2.10 bits per heavy atom. The zero-order chi connectivity index (χ0) is 22.1. The molecule has 0 amide bonds. The van der Waals surface area contributed by atoms with Crippen LogP contribution in [0.25, 0.3) is 10.9 Å². The van der Waals surface area contributed by atoms with Gasteiger partial charge in [0.15, 0.2) is 0 Å². The maximum atomic E-state index is 6.68. The molecule has 0 saturated carbocycles. The molecule has 3 rings (SSSR count). The van der Waals surface area contributed by atoms with Crippen molar-refractivity contribution in [3.05, 3.63) is 48.7 Å². The summed E-state index contributed by atoms with van der Waals surface area (Å²) in [5.74, 6) is 2.11. The molecule has 1 unspecified atom stereocenters. The molecule has 4 nitrogen and oxygen atoms in total. The Labute approximate surface area is 188 Å². The molecule has 2 heterocycles. The van der Waals surface area contributed by atoms with Gasteiger partial charge in [0.1, 0.15) is 5.75 Å². The Balaban J connectivity index is 1.54. The van der Waals surface area contributed by atoms with Crippen molar-refractivity contribution in [3.8, 4) is 5.75 Å². The van der Waals surface area contributed by atoms with Crippen molar-refractivity contribution in [1.82, 2.24) is 9.88 Å². The first-order valence-electron chi connectivity index (χ1n) is 12.2. The fourth-order valence-corrected chi connectivity index (χ4v) is 5.01. The molecule has 0 radical (unpaired) electrons. The molecule has 2 N–H and O–H groups in total. The summed E-state index contributed by atoms with van der Waals surface area (Å²) >= 11 is 0. The molecule has 170 valence electrons. The number of aromatic nitrogens is 1. The van der Waals surface area contributed by atoms with Crippen LogP contribution in [0.3, 0.4) is 0 Å². The van der Waals surface area contributed by atoms with Crippen LogP contribution in [0.4, 0.5) is 0 Å². The van der Waals surface area contributed by atoms with Crippen molar-refractivity contribution < 1.29 is 4.74 Å². The van der Waals surface area contributed by atoms with Crippen LogP contribution in [-0.2, 0) is 0 Å². The first kappa shape index (κ1) is 23.7. The Morgan fingerprint density at radius 1 is 1.26 bits per heavy atom. The van der Waals surface area contributed by atoms with E-state index in [-0.39, 0.29) is 6.04 Å². The van der Waals surface area contributed by atoms with Gasteiger partial charge in [-0.05, 0) is 80.4 Å². The van der Waals surface area contributed by atoms with Crippen LogP contribution in [0.1, 0.15) is 69.9 Å².